The number of urea groups is 1. The number of aliphatic carboxylic acids is 1. The van der Waals surface area contributed by atoms with Crippen LogP contribution in [0.25, 0.3) is 0 Å². The lowest BCUT2D eigenvalue weighted by molar-refractivity contribution is -0.139. The van der Waals surface area contributed by atoms with Crippen LogP contribution < -0.4 is 5.32 Å². The summed E-state index contributed by atoms with van der Waals surface area (Å²) in [7, 11) is 0. The number of carbonyl (C=O) groups excluding carboxylic acids is 2. The van der Waals surface area contributed by atoms with Crippen molar-refractivity contribution in [3.8, 4) is 0 Å². The molecule has 2 fully saturated rings. The molecule has 2 N–H and O–H groups in total. The van der Waals surface area contributed by atoms with Crippen LogP contribution in [-0.2, 0) is 9.59 Å². The molecule has 7 heteroatoms. The molecule has 18 heavy (non-hydrogen) atoms. The summed E-state index contributed by atoms with van der Waals surface area (Å²) in [6.07, 6.45) is 0.855. The Morgan fingerprint density at radius 1 is 1.33 bits per heavy atom. The van der Waals surface area contributed by atoms with Gasteiger partial charge in [-0.1, -0.05) is 0 Å². The van der Waals surface area contributed by atoms with Gasteiger partial charge in [-0.15, -0.1) is 0 Å². The van der Waals surface area contributed by atoms with Crippen molar-refractivity contribution in [2.75, 3.05) is 32.7 Å². The van der Waals surface area contributed by atoms with Gasteiger partial charge in [-0.3, -0.25) is 9.59 Å². The second kappa shape index (κ2) is 5.24. The molecule has 0 aromatic heterocycles. The zero-order chi connectivity index (χ0) is 13.1. The van der Waals surface area contributed by atoms with Gasteiger partial charge in [-0.05, 0) is 6.42 Å². The molecule has 0 radical (unpaired) electrons. The van der Waals surface area contributed by atoms with Crippen molar-refractivity contribution in [3.05, 3.63) is 0 Å². The monoisotopic (exact) mass is 255 g/mol. The Balaban J connectivity index is 1.81. The van der Waals surface area contributed by atoms with Crippen molar-refractivity contribution in [1.29, 1.82) is 0 Å². The predicted octanol–water partition coefficient (Wildman–Crippen LogP) is -0.665. The molecule has 2 rings (SSSR count). The maximum absolute atomic E-state index is 12.0. The molecule has 0 bridgehead atoms. The van der Waals surface area contributed by atoms with E-state index in [4.69, 9.17) is 5.11 Å². The number of hydrogen-bond acceptors (Lipinski definition) is 3. The minimum absolute atomic E-state index is 0.0484. The van der Waals surface area contributed by atoms with Gasteiger partial charge in [0.2, 0.25) is 5.91 Å². The highest BCUT2D eigenvalue weighted by Crippen LogP contribution is 2.20. The maximum atomic E-state index is 12.0. The van der Waals surface area contributed by atoms with E-state index < -0.39 is 5.97 Å². The van der Waals surface area contributed by atoms with Crippen molar-refractivity contribution in [3.63, 3.8) is 0 Å². The zero-order valence-electron chi connectivity index (χ0n) is 10.1. The molecule has 100 valence electrons. The second-order valence-electron chi connectivity index (χ2n) is 4.78. The smallest absolute Gasteiger partial charge is 0.320 e. The molecule has 0 aromatic rings. The van der Waals surface area contributed by atoms with Crippen molar-refractivity contribution >= 4 is 17.9 Å². The van der Waals surface area contributed by atoms with E-state index in [9.17, 15) is 14.4 Å². The van der Waals surface area contributed by atoms with E-state index in [0.29, 0.717) is 26.2 Å². The van der Waals surface area contributed by atoms with Gasteiger partial charge in [-0.2, -0.15) is 0 Å². The first-order chi connectivity index (χ1) is 8.56. The molecule has 3 amide bonds. The van der Waals surface area contributed by atoms with Gasteiger partial charge < -0.3 is 20.2 Å². The van der Waals surface area contributed by atoms with Crippen LogP contribution in [0.4, 0.5) is 4.79 Å². The Bertz CT molecular complexity index is 365. The van der Waals surface area contributed by atoms with Gasteiger partial charge in [0.1, 0.15) is 6.54 Å². The number of likely N-dealkylation sites (tertiary alicyclic amines) is 1. The number of amides is 3. The summed E-state index contributed by atoms with van der Waals surface area (Å²) in [6, 6.07) is -0.159. The number of carbonyl (C=O) groups is 3. The molecular formula is C11H17N3O4. The van der Waals surface area contributed by atoms with Gasteiger partial charge in [0, 0.05) is 32.1 Å². The third-order valence-corrected chi connectivity index (χ3v) is 3.22. The van der Waals surface area contributed by atoms with Crippen molar-refractivity contribution < 1.29 is 19.5 Å². The zero-order valence-corrected chi connectivity index (χ0v) is 10.1. The van der Waals surface area contributed by atoms with E-state index >= 15 is 0 Å². The summed E-state index contributed by atoms with van der Waals surface area (Å²) >= 11 is 0. The van der Waals surface area contributed by atoms with Crippen LogP contribution in [0.3, 0.4) is 0 Å². The molecule has 2 saturated heterocycles. The molecule has 0 atom stereocenters. The van der Waals surface area contributed by atoms with E-state index in [1.807, 2.05) is 0 Å². The lowest BCUT2D eigenvalue weighted by Crippen LogP contribution is -2.56. The van der Waals surface area contributed by atoms with Crippen LogP contribution in [0.5, 0.6) is 0 Å². The van der Waals surface area contributed by atoms with Gasteiger partial charge in [0.15, 0.2) is 0 Å². The molecule has 0 aliphatic carbocycles. The summed E-state index contributed by atoms with van der Waals surface area (Å²) in [5.41, 5.74) is 0. The van der Waals surface area contributed by atoms with Crippen LogP contribution in [0.15, 0.2) is 0 Å². The van der Waals surface area contributed by atoms with Crippen LogP contribution in [0.2, 0.25) is 0 Å². The first-order valence-electron chi connectivity index (χ1n) is 6.08. The van der Waals surface area contributed by atoms with Gasteiger partial charge in [-0.25, -0.2) is 4.79 Å². The van der Waals surface area contributed by atoms with Crippen molar-refractivity contribution in [1.82, 2.24) is 15.1 Å². The maximum Gasteiger partial charge on any atom is 0.320 e. The summed E-state index contributed by atoms with van der Waals surface area (Å²) in [5, 5.41) is 11.3. The molecule has 2 heterocycles. The largest absolute Gasteiger partial charge is 0.481 e. The lowest BCUT2D eigenvalue weighted by Gasteiger charge is -2.41. The Labute approximate surface area is 105 Å². The highest BCUT2D eigenvalue weighted by atomic mass is 16.4. The SMILES string of the molecule is O=C(O)CC1CN(C(=O)N2CCCNC(=O)C2)C1. The molecule has 7 nitrogen and oxygen atoms in total. The summed E-state index contributed by atoms with van der Waals surface area (Å²) < 4.78 is 0. The van der Waals surface area contributed by atoms with Gasteiger partial charge >= 0.3 is 12.0 Å². The van der Waals surface area contributed by atoms with Gasteiger partial charge in [0.25, 0.3) is 0 Å². The highest BCUT2D eigenvalue weighted by Gasteiger charge is 2.35. The van der Waals surface area contributed by atoms with Crippen molar-refractivity contribution in [2.24, 2.45) is 5.92 Å². The minimum atomic E-state index is -0.832. The third kappa shape index (κ3) is 2.91. The van der Waals surface area contributed by atoms with Crippen LogP contribution in [0.1, 0.15) is 12.8 Å². The fraction of sp³-hybridized carbons (Fsp3) is 0.727. The van der Waals surface area contributed by atoms with Crippen LogP contribution in [0, 0.1) is 5.92 Å². The molecule has 0 spiro atoms. The quantitative estimate of drug-likeness (QED) is 0.685. The number of rotatable bonds is 2. The van der Waals surface area contributed by atoms with E-state index in [0.717, 1.165) is 6.42 Å². The Morgan fingerprint density at radius 3 is 2.72 bits per heavy atom. The predicted molar refractivity (Wildman–Crippen MR) is 61.9 cm³/mol. The Morgan fingerprint density at radius 2 is 2.06 bits per heavy atom. The summed E-state index contributed by atoms with van der Waals surface area (Å²) in [6.45, 7) is 2.22. The molecule has 0 unspecified atom stereocenters. The lowest BCUT2D eigenvalue weighted by atomic mass is 9.97. The number of carboxylic acid groups (broad SMARTS) is 1. The number of nitrogens with one attached hydrogen (secondary N) is 1. The van der Waals surface area contributed by atoms with E-state index in [1.165, 1.54) is 4.90 Å². The average Bonchev–Trinajstić information content (AvgIpc) is 2.46. The van der Waals surface area contributed by atoms with Crippen LogP contribution >= 0.6 is 0 Å². The number of carboxylic acids is 1. The van der Waals surface area contributed by atoms with Gasteiger partial charge in [0.05, 0.1) is 6.42 Å². The first-order valence-corrected chi connectivity index (χ1v) is 6.08. The fourth-order valence-corrected chi connectivity index (χ4v) is 2.27. The first kappa shape index (κ1) is 12.7. The molecular weight excluding hydrogens is 238 g/mol. The number of hydrogen-bond donors (Lipinski definition) is 2. The molecule has 2 aliphatic rings. The average molecular weight is 255 g/mol. The van der Waals surface area contributed by atoms with E-state index in [2.05, 4.69) is 5.32 Å². The number of nitrogens with zero attached hydrogens (tertiary/aromatic N) is 2. The normalized spacial score (nSPS) is 21.0. The van der Waals surface area contributed by atoms with E-state index in [-0.39, 0.29) is 30.8 Å². The standard InChI is InChI=1S/C11H17N3O4/c15-9-7-13(3-1-2-12-9)11(18)14-5-8(6-14)4-10(16)17/h8H,1-7H2,(H,12,15)(H,16,17). The second-order valence-corrected chi connectivity index (χ2v) is 4.78. The summed E-state index contributed by atoms with van der Waals surface area (Å²) in [5.74, 6) is -0.919. The Hall–Kier alpha value is -1.79. The third-order valence-electron chi connectivity index (χ3n) is 3.22. The minimum Gasteiger partial charge on any atom is -0.481 e. The van der Waals surface area contributed by atoms with E-state index in [1.54, 1.807) is 4.90 Å². The van der Waals surface area contributed by atoms with Crippen LogP contribution in [-0.4, -0.2) is 65.5 Å². The highest BCUT2D eigenvalue weighted by molar-refractivity contribution is 5.84. The molecule has 0 aromatic carbocycles. The molecule has 0 saturated carbocycles. The Kier molecular flexibility index (Phi) is 3.69. The summed E-state index contributed by atoms with van der Waals surface area (Å²) in [4.78, 5) is 37.0. The molecule has 2 aliphatic heterocycles. The topological polar surface area (TPSA) is 89.9 Å². The fourth-order valence-electron chi connectivity index (χ4n) is 2.27. The van der Waals surface area contributed by atoms with Crippen molar-refractivity contribution in [2.45, 2.75) is 12.8 Å².